The molecular weight excluding hydrogens is 414 g/mol. The highest BCUT2D eigenvalue weighted by Crippen LogP contribution is 2.33. The number of alkyl halides is 3. The Kier molecular flexibility index (Phi) is 7.59. The topological polar surface area (TPSA) is 94.1 Å². The van der Waals surface area contributed by atoms with Gasteiger partial charge in [-0.3, -0.25) is 4.79 Å². The van der Waals surface area contributed by atoms with Crippen molar-refractivity contribution < 1.29 is 46.5 Å². The third kappa shape index (κ3) is 6.62. The molecule has 0 bridgehead atoms. The van der Waals surface area contributed by atoms with Crippen molar-refractivity contribution in [3.8, 4) is 11.5 Å². The zero-order valence-electron chi connectivity index (χ0n) is 15.5. The number of carbonyl (C=O) groups is 2. The molecule has 7 nitrogen and oxygen atoms in total. The smallest absolute Gasteiger partial charge is 0.485 e. The Hall–Kier alpha value is -3.34. The van der Waals surface area contributed by atoms with Crippen LogP contribution in [0.15, 0.2) is 42.5 Å². The predicted molar refractivity (Wildman–Crippen MR) is 94.2 cm³/mol. The molecule has 1 amide bonds. The molecule has 0 aliphatic rings. The minimum Gasteiger partial charge on any atom is -0.485 e. The molecule has 2 rings (SSSR count). The molecule has 1 atom stereocenters. The fourth-order valence-electron chi connectivity index (χ4n) is 2.32. The summed E-state index contributed by atoms with van der Waals surface area (Å²) in [6, 6.07) is 6.81. The van der Waals surface area contributed by atoms with Crippen LogP contribution in [0, 0.1) is 5.82 Å². The first-order valence-electron chi connectivity index (χ1n) is 8.39. The number of halogens is 4. The van der Waals surface area contributed by atoms with Crippen LogP contribution in [0.2, 0.25) is 0 Å². The van der Waals surface area contributed by atoms with Gasteiger partial charge >= 0.3 is 12.3 Å². The Bertz CT molecular complexity index is 903. The van der Waals surface area contributed by atoms with Gasteiger partial charge in [0, 0.05) is 5.56 Å². The van der Waals surface area contributed by atoms with Gasteiger partial charge in [-0.25, -0.2) is 9.18 Å². The van der Waals surface area contributed by atoms with E-state index in [1.165, 1.54) is 18.2 Å². The third-order valence-electron chi connectivity index (χ3n) is 3.69. The van der Waals surface area contributed by atoms with E-state index in [1.54, 1.807) is 0 Å². The first kappa shape index (κ1) is 22.9. The van der Waals surface area contributed by atoms with Gasteiger partial charge in [0.15, 0.2) is 17.5 Å². The second kappa shape index (κ2) is 9.92. The summed E-state index contributed by atoms with van der Waals surface area (Å²) in [6.07, 6.45) is -5.08. The van der Waals surface area contributed by atoms with Gasteiger partial charge in [-0.15, -0.1) is 13.2 Å². The summed E-state index contributed by atoms with van der Waals surface area (Å²) in [7, 11) is 1.04. The summed E-state index contributed by atoms with van der Waals surface area (Å²) in [5.41, 5.74) is 0.0633. The Balaban J connectivity index is 2.24. The molecule has 2 aromatic carbocycles. The first-order valence-corrected chi connectivity index (χ1v) is 8.39. The van der Waals surface area contributed by atoms with Gasteiger partial charge in [-0.05, 0) is 35.9 Å². The van der Waals surface area contributed by atoms with Crippen LogP contribution in [0.1, 0.15) is 15.9 Å². The number of hydrogen-bond donors (Lipinski definition) is 2. The number of methoxy groups -OCH3 is 1. The maximum atomic E-state index is 13.2. The molecule has 0 heterocycles. The fourth-order valence-corrected chi connectivity index (χ4v) is 2.32. The van der Waals surface area contributed by atoms with Gasteiger partial charge < -0.3 is 24.6 Å². The molecule has 0 aromatic heterocycles. The van der Waals surface area contributed by atoms with E-state index in [0.717, 1.165) is 31.4 Å². The Morgan fingerprint density at radius 3 is 2.47 bits per heavy atom. The third-order valence-corrected chi connectivity index (χ3v) is 3.69. The number of ether oxygens (including phenoxy) is 3. The van der Waals surface area contributed by atoms with Crippen molar-refractivity contribution in [1.82, 2.24) is 5.32 Å². The number of esters is 1. The van der Waals surface area contributed by atoms with Crippen molar-refractivity contribution in [2.24, 2.45) is 0 Å². The summed E-state index contributed by atoms with van der Waals surface area (Å²) >= 11 is 0. The molecule has 0 aliphatic carbocycles. The van der Waals surface area contributed by atoms with E-state index in [2.05, 4.69) is 14.8 Å². The van der Waals surface area contributed by atoms with Crippen LogP contribution in [0.5, 0.6) is 11.5 Å². The normalized spacial score (nSPS) is 12.1. The lowest BCUT2D eigenvalue weighted by molar-refractivity contribution is -0.275. The van der Waals surface area contributed by atoms with Crippen LogP contribution in [0.3, 0.4) is 0 Å². The van der Waals surface area contributed by atoms with Crippen molar-refractivity contribution in [3.63, 3.8) is 0 Å². The van der Waals surface area contributed by atoms with Gasteiger partial charge in [-0.1, -0.05) is 12.1 Å². The van der Waals surface area contributed by atoms with Crippen LogP contribution in [0.25, 0.3) is 0 Å². The molecule has 0 spiro atoms. The zero-order chi connectivity index (χ0) is 22.3. The van der Waals surface area contributed by atoms with Crippen molar-refractivity contribution in [2.75, 3.05) is 13.7 Å². The van der Waals surface area contributed by atoms with Gasteiger partial charge in [0.25, 0.3) is 5.91 Å². The van der Waals surface area contributed by atoms with Crippen molar-refractivity contribution >= 4 is 11.9 Å². The summed E-state index contributed by atoms with van der Waals surface area (Å²) in [5, 5.41) is 11.3. The Morgan fingerprint density at radius 1 is 1.13 bits per heavy atom. The van der Waals surface area contributed by atoms with E-state index in [1.807, 2.05) is 0 Å². The maximum absolute atomic E-state index is 13.2. The highest BCUT2D eigenvalue weighted by atomic mass is 19.4. The van der Waals surface area contributed by atoms with Gasteiger partial charge in [-0.2, -0.15) is 0 Å². The number of carbonyl (C=O) groups excluding carboxylic acids is 2. The Morgan fingerprint density at radius 2 is 1.87 bits per heavy atom. The number of amides is 1. The quantitative estimate of drug-likeness (QED) is 0.493. The number of benzene rings is 2. The van der Waals surface area contributed by atoms with E-state index in [4.69, 9.17) is 9.84 Å². The minimum absolute atomic E-state index is 0.257. The molecule has 30 heavy (non-hydrogen) atoms. The van der Waals surface area contributed by atoms with Crippen molar-refractivity contribution in [2.45, 2.75) is 19.0 Å². The van der Waals surface area contributed by atoms with Crippen LogP contribution >= 0.6 is 0 Å². The zero-order valence-corrected chi connectivity index (χ0v) is 15.5. The van der Waals surface area contributed by atoms with Crippen LogP contribution in [-0.2, 0) is 16.1 Å². The van der Waals surface area contributed by atoms with Crippen LogP contribution < -0.4 is 14.8 Å². The average molecular weight is 431 g/mol. The molecule has 0 radical (unpaired) electrons. The molecule has 2 aromatic rings. The van der Waals surface area contributed by atoms with Crippen molar-refractivity contribution in [3.05, 3.63) is 59.4 Å². The summed E-state index contributed by atoms with van der Waals surface area (Å²) in [5.74, 6) is -3.60. The van der Waals surface area contributed by atoms with Crippen LogP contribution in [-0.4, -0.2) is 43.1 Å². The lowest BCUT2D eigenvalue weighted by Gasteiger charge is -2.17. The second-order valence-corrected chi connectivity index (χ2v) is 5.86. The predicted octanol–water partition coefficient (Wildman–Crippen LogP) is 2.57. The number of aliphatic hydroxyl groups excluding tert-OH is 1. The molecule has 0 fully saturated rings. The summed E-state index contributed by atoms with van der Waals surface area (Å²) in [4.78, 5) is 23.7. The highest BCUT2D eigenvalue weighted by Gasteiger charge is 2.33. The van der Waals surface area contributed by atoms with Crippen molar-refractivity contribution in [1.29, 1.82) is 0 Å². The monoisotopic (exact) mass is 431 g/mol. The lowest BCUT2D eigenvalue weighted by Crippen LogP contribution is -2.44. The van der Waals surface area contributed by atoms with Gasteiger partial charge in [0.05, 0.1) is 13.7 Å². The molecule has 0 unspecified atom stereocenters. The largest absolute Gasteiger partial charge is 0.573 e. The maximum Gasteiger partial charge on any atom is 0.573 e. The molecule has 162 valence electrons. The number of rotatable bonds is 8. The minimum atomic E-state index is -5.08. The lowest BCUT2D eigenvalue weighted by atomic mass is 10.1. The second-order valence-electron chi connectivity index (χ2n) is 5.86. The number of aliphatic hydroxyl groups is 1. The number of hydrogen-bond acceptors (Lipinski definition) is 6. The molecule has 2 N–H and O–H groups in total. The molecule has 11 heteroatoms. The molecular formula is C19H17F4NO6. The first-order chi connectivity index (χ1) is 14.1. The SMILES string of the molecule is COC(=O)[C@@H](CO)NC(=O)c1ccc(OCc2cccc(F)c2)c(OC(F)(F)F)c1. The van der Waals surface area contributed by atoms with Gasteiger partial charge in [0.2, 0.25) is 0 Å². The standard InChI is InChI=1S/C19H17F4NO6/c1-28-18(27)14(9-25)24-17(26)12-5-6-15(16(8-12)30-19(21,22)23)29-10-11-3-2-4-13(20)7-11/h2-8,14,25H,9-10H2,1H3,(H,24,26)/t14-/m1/s1. The summed E-state index contributed by atoms with van der Waals surface area (Å²) in [6.45, 7) is -1.04. The molecule has 0 aliphatic heterocycles. The van der Waals surface area contributed by atoms with E-state index >= 15 is 0 Å². The average Bonchev–Trinajstić information content (AvgIpc) is 2.69. The highest BCUT2D eigenvalue weighted by molar-refractivity contribution is 5.97. The van der Waals surface area contributed by atoms with Crippen LogP contribution in [0.4, 0.5) is 17.6 Å². The van der Waals surface area contributed by atoms with E-state index in [0.29, 0.717) is 5.56 Å². The fraction of sp³-hybridized carbons (Fsp3) is 0.263. The van der Waals surface area contributed by atoms with E-state index < -0.39 is 42.5 Å². The van der Waals surface area contributed by atoms with Gasteiger partial charge in [0.1, 0.15) is 12.4 Å². The summed E-state index contributed by atoms with van der Waals surface area (Å²) < 4.78 is 65.1. The number of nitrogens with one attached hydrogen (secondary N) is 1. The van der Waals surface area contributed by atoms with E-state index in [-0.39, 0.29) is 17.9 Å². The Labute approximate surface area is 168 Å². The van der Waals surface area contributed by atoms with E-state index in [9.17, 15) is 27.2 Å². The molecule has 0 saturated heterocycles. The molecule has 0 saturated carbocycles.